The van der Waals surface area contributed by atoms with Crippen molar-refractivity contribution in [2.24, 2.45) is 0 Å². The molecule has 3 rings (SSSR count). The molecule has 1 unspecified atom stereocenters. The Labute approximate surface area is 130 Å². The Morgan fingerprint density at radius 2 is 2.14 bits per heavy atom. The Morgan fingerprint density at radius 1 is 1.27 bits per heavy atom. The first-order valence-electron chi connectivity index (χ1n) is 8.09. The van der Waals surface area contributed by atoms with E-state index < -0.39 is 0 Å². The molecular formula is C17H23FN4. The van der Waals surface area contributed by atoms with Crippen molar-refractivity contribution in [3.05, 3.63) is 29.7 Å². The second kappa shape index (κ2) is 6.57. The van der Waals surface area contributed by atoms with Crippen LogP contribution in [-0.2, 0) is 0 Å². The Kier molecular flexibility index (Phi) is 4.52. The highest BCUT2D eigenvalue weighted by Gasteiger charge is 2.19. The fourth-order valence-corrected chi connectivity index (χ4v) is 3.17. The minimum Gasteiger partial charge on any atom is -0.341 e. The summed E-state index contributed by atoms with van der Waals surface area (Å²) in [5, 5.41) is 4.33. The Hall–Kier alpha value is -1.75. The maximum atomic E-state index is 13.4. The number of halogens is 1. The van der Waals surface area contributed by atoms with Crippen molar-refractivity contribution in [1.29, 1.82) is 0 Å². The molecule has 2 heterocycles. The highest BCUT2D eigenvalue weighted by atomic mass is 19.1. The smallest absolute Gasteiger partial charge is 0.226 e. The molecule has 0 aliphatic carbocycles. The zero-order chi connectivity index (χ0) is 15.5. The van der Waals surface area contributed by atoms with Crippen LogP contribution in [-0.4, -0.2) is 35.6 Å². The second-order valence-corrected chi connectivity index (χ2v) is 5.94. The lowest BCUT2D eigenvalue weighted by Crippen LogP contribution is -2.31. The van der Waals surface area contributed by atoms with Gasteiger partial charge >= 0.3 is 0 Å². The molecule has 1 atom stereocenters. The van der Waals surface area contributed by atoms with E-state index >= 15 is 0 Å². The number of aromatic nitrogens is 2. The molecule has 0 amide bonds. The average Bonchev–Trinajstić information content (AvgIpc) is 2.74. The number of hydrogen-bond donors (Lipinski definition) is 1. The van der Waals surface area contributed by atoms with Crippen LogP contribution in [0, 0.1) is 12.7 Å². The van der Waals surface area contributed by atoms with Gasteiger partial charge in [-0.2, -0.15) is 0 Å². The molecule has 2 aromatic rings. The Bertz CT molecular complexity index is 658. The second-order valence-electron chi connectivity index (χ2n) is 5.94. The quantitative estimate of drug-likeness (QED) is 0.946. The number of nitrogens with zero attached hydrogens (tertiary/aromatic N) is 3. The first-order chi connectivity index (χ1) is 10.7. The lowest BCUT2D eigenvalue weighted by Gasteiger charge is -2.21. The molecule has 1 aromatic carbocycles. The largest absolute Gasteiger partial charge is 0.341 e. The fourth-order valence-electron chi connectivity index (χ4n) is 3.17. The van der Waals surface area contributed by atoms with Gasteiger partial charge < -0.3 is 10.2 Å². The predicted molar refractivity (Wildman–Crippen MR) is 87.8 cm³/mol. The molecule has 0 saturated carbocycles. The molecule has 118 valence electrons. The third kappa shape index (κ3) is 3.19. The van der Waals surface area contributed by atoms with E-state index in [-0.39, 0.29) is 5.82 Å². The molecule has 1 fully saturated rings. The van der Waals surface area contributed by atoms with E-state index in [0.717, 1.165) is 55.0 Å². The predicted octanol–water partition coefficient (Wildman–Crippen LogP) is 3.05. The van der Waals surface area contributed by atoms with Crippen LogP contribution in [0.2, 0.25) is 0 Å². The van der Waals surface area contributed by atoms with Gasteiger partial charge in [0, 0.05) is 24.5 Å². The van der Waals surface area contributed by atoms with Crippen LogP contribution in [0.3, 0.4) is 0 Å². The van der Waals surface area contributed by atoms with Crippen LogP contribution in [0.15, 0.2) is 18.2 Å². The third-order valence-corrected chi connectivity index (χ3v) is 4.34. The van der Waals surface area contributed by atoms with Gasteiger partial charge in [0.15, 0.2) is 0 Å². The molecule has 0 spiro atoms. The van der Waals surface area contributed by atoms with Crippen molar-refractivity contribution >= 4 is 16.9 Å². The zero-order valence-corrected chi connectivity index (χ0v) is 13.3. The van der Waals surface area contributed by atoms with E-state index in [1.807, 2.05) is 6.92 Å². The van der Waals surface area contributed by atoms with Crippen LogP contribution in [0.1, 0.15) is 31.9 Å². The summed E-state index contributed by atoms with van der Waals surface area (Å²) in [6.45, 7) is 7.03. The van der Waals surface area contributed by atoms with Gasteiger partial charge in [0.25, 0.3) is 0 Å². The van der Waals surface area contributed by atoms with E-state index in [2.05, 4.69) is 27.1 Å². The van der Waals surface area contributed by atoms with E-state index in [1.54, 1.807) is 6.07 Å². The molecule has 0 bridgehead atoms. The molecule has 1 aliphatic heterocycles. The van der Waals surface area contributed by atoms with Gasteiger partial charge in [0.2, 0.25) is 5.95 Å². The monoisotopic (exact) mass is 302 g/mol. The van der Waals surface area contributed by atoms with E-state index in [1.165, 1.54) is 18.6 Å². The SMILES string of the molecule is CCNC1CCCN(c2nc(C)c3cc(F)ccc3n2)CC1. The lowest BCUT2D eigenvalue weighted by molar-refractivity contribution is 0.484. The van der Waals surface area contributed by atoms with Crippen LogP contribution in [0.25, 0.3) is 10.9 Å². The summed E-state index contributed by atoms with van der Waals surface area (Å²) in [5.41, 5.74) is 1.66. The normalized spacial score (nSPS) is 19.4. The van der Waals surface area contributed by atoms with Crippen LogP contribution in [0.4, 0.5) is 10.3 Å². The van der Waals surface area contributed by atoms with E-state index in [4.69, 9.17) is 0 Å². The minimum atomic E-state index is -0.241. The van der Waals surface area contributed by atoms with Gasteiger partial charge in [0.05, 0.1) is 11.2 Å². The number of aryl methyl sites for hydroxylation is 1. The van der Waals surface area contributed by atoms with Gasteiger partial charge in [-0.3, -0.25) is 0 Å². The summed E-state index contributed by atoms with van der Waals surface area (Å²) in [7, 11) is 0. The molecule has 4 nitrogen and oxygen atoms in total. The standard InChI is InChI=1S/C17H23FN4/c1-3-19-14-5-4-9-22(10-8-14)17-20-12(2)15-11-13(18)6-7-16(15)21-17/h6-7,11,14,19H,3-5,8-10H2,1-2H3. The number of hydrogen-bond acceptors (Lipinski definition) is 4. The van der Waals surface area contributed by atoms with Crippen LogP contribution < -0.4 is 10.2 Å². The number of nitrogens with one attached hydrogen (secondary N) is 1. The maximum Gasteiger partial charge on any atom is 0.226 e. The minimum absolute atomic E-state index is 0.241. The van der Waals surface area contributed by atoms with E-state index in [9.17, 15) is 4.39 Å². The van der Waals surface area contributed by atoms with E-state index in [0.29, 0.717) is 6.04 Å². The molecular weight excluding hydrogens is 279 g/mol. The van der Waals surface area contributed by atoms with Gasteiger partial charge in [-0.05, 0) is 50.9 Å². The Morgan fingerprint density at radius 3 is 2.95 bits per heavy atom. The summed E-state index contributed by atoms with van der Waals surface area (Å²) in [4.78, 5) is 11.5. The average molecular weight is 302 g/mol. The highest BCUT2D eigenvalue weighted by Crippen LogP contribution is 2.22. The van der Waals surface area contributed by atoms with Gasteiger partial charge in [-0.25, -0.2) is 14.4 Å². The molecule has 1 aliphatic rings. The first-order valence-corrected chi connectivity index (χ1v) is 8.09. The van der Waals surface area contributed by atoms with Crippen LogP contribution in [0.5, 0.6) is 0 Å². The molecule has 0 radical (unpaired) electrons. The van der Waals surface area contributed by atoms with Gasteiger partial charge in [-0.15, -0.1) is 0 Å². The van der Waals surface area contributed by atoms with Crippen molar-refractivity contribution in [3.8, 4) is 0 Å². The number of rotatable bonds is 3. The molecule has 1 N–H and O–H groups in total. The summed E-state index contributed by atoms with van der Waals surface area (Å²) in [6.07, 6.45) is 3.45. The van der Waals surface area contributed by atoms with Gasteiger partial charge in [0.1, 0.15) is 5.82 Å². The van der Waals surface area contributed by atoms with Crippen molar-refractivity contribution in [1.82, 2.24) is 15.3 Å². The number of fused-ring (bicyclic) bond motifs is 1. The van der Waals surface area contributed by atoms with Crippen molar-refractivity contribution in [2.45, 2.75) is 39.2 Å². The number of benzene rings is 1. The van der Waals surface area contributed by atoms with Gasteiger partial charge in [-0.1, -0.05) is 6.92 Å². The highest BCUT2D eigenvalue weighted by molar-refractivity contribution is 5.81. The molecule has 1 aromatic heterocycles. The molecule has 5 heteroatoms. The third-order valence-electron chi connectivity index (χ3n) is 4.34. The number of anilines is 1. The lowest BCUT2D eigenvalue weighted by atomic mass is 10.1. The molecule has 22 heavy (non-hydrogen) atoms. The summed E-state index contributed by atoms with van der Waals surface area (Å²) in [5.74, 6) is 0.531. The maximum absolute atomic E-state index is 13.4. The van der Waals surface area contributed by atoms with Crippen molar-refractivity contribution in [2.75, 3.05) is 24.5 Å². The topological polar surface area (TPSA) is 41.0 Å². The Balaban J connectivity index is 1.85. The summed E-state index contributed by atoms with van der Waals surface area (Å²) in [6, 6.07) is 5.30. The molecule has 1 saturated heterocycles. The fraction of sp³-hybridized carbons (Fsp3) is 0.529. The first kappa shape index (κ1) is 15.2. The van der Waals surface area contributed by atoms with Crippen LogP contribution >= 0.6 is 0 Å². The summed E-state index contributed by atoms with van der Waals surface area (Å²) < 4.78 is 13.4. The van der Waals surface area contributed by atoms with Crippen molar-refractivity contribution < 1.29 is 4.39 Å². The zero-order valence-electron chi connectivity index (χ0n) is 13.3. The summed E-state index contributed by atoms with van der Waals surface area (Å²) >= 11 is 0. The van der Waals surface area contributed by atoms with Crippen molar-refractivity contribution in [3.63, 3.8) is 0 Å².